The van der Waals surface area contributed by atoms with E-state index < -0.39 is 0 Å². The SMILES string of the molecule is C=C(N)/C=C\C=C/Nc1ccccc1.CNc1ccc(-c2ccc(-c3ccc(-c4ccc(C)cc4)c4ccccc34)c3ccccc23)cc1.N=C(c1ccccc1)c1ccccc1. The zero-order valence-corrected chi connectivity index (χ0v) is 35.8. The molecule has 0 heterocycles. The Hall–Kier alpha value is -8.21. The number of nitrogens with one attached hydrogen (secondary N) is 3. The molecule has 0 saturated heterocycles. The monoisotopic (exact) mass is 816 g/mol. The van der Waals surface area contributed by atoms with Crippen LogP contribution in [0.1, 0.15) is 16.7 Å². The number of hydrogen-bond donors (Lipinski definition) is 4. The molecule has 4 heteroatoms. The summed E-state index contributed by atoms with van der Waals surface area (Å²) in [4.78, 5) is 0. The maximum Gasteiger partial charge on any atom is 0.0684 e. The quantitative estimate of drug-likeness (QED) is 0.0820. The molecule has 0 fully saturated rings. The molecule has 0 atom stereocenters. The molecule has 0 aromatic heterocycles. The fourth-order valence-electron chi connectivity index (χ4n) is 7.41. The Morgan fingerprint density at radius 2 is 0.857 bits per heavy atom. The van der Waals surface area contributed by atoms with Gasteiger partial charge in [-0.25, -0.2) is 0 Å². The summed E-state index contributed by atoms with van der Waals surface area (Å²) in [5, 5.41) is 19.4. The molecular weight excluding hydrogens is 765 g/mol. The lowest BCUT2D eigenvalue weighted by atomic mass is 9.88. The van der Waals surface area contributed by atoms with Gasteiger partial charge in [0.05, 0.1) is 5.71 Å². The van der Waals surface area contributed by atoms with Crippen LogP contribution in [-0.2, 0) is 0 Å². The topological polar surface area (TPSA) is 73.9 Å². The van der Waals surface area contributed by atoms with Crippen molar-refractivity contribution in [2.45, 2.75) is 6.92 Å². The van der Waals surface area contributed by atoms with Crippen molar-refractivity contribution in [2.75, 3.05) is 17.7 Å². The third kappa shape index (κ3) is 11.1. The van der Waals surface area contributed by atoms with Gasteiger partial charge < -0.3 is 16.4 Å². The van der Waals surface area contributed by atoms with Crippen molar-refractivity contribution in [3.63, 3.8) is 0 Å². The van der Waals surface area contributed by atoms with Gasteiger partial charge in [-0.05, 0) is 109 Å². The fourth-order valence-corrected chi connectivity index (χ4v) is 7.41. The molecule has 0 radical (unpaired) electrons. The molecule has 9 aromatic rings. The summed E-state index contributed by atoms with van der Waals surface area (Å²) in [6, 6.07) is 73.6. The summed E-state index contributed by atoms with van der Waals surface area (Å²) in [5.74, 6) is 0. The van der Waals surface area contributed by atoms with Gasteiger partial charge in [-0.1, -0.05) is 206 Å². The van der Waals surface area contributed by atoms with E-state index in [0.29, 0.717) is 11.4 Å². The highest BCUT2D eigenvalue weighted by atomic mass is 14.8. The highest BCUT2D eigenvalue weighted by Gasteiger charge is 2.14. The summed E-state index contributed by atoms with van der Waals surface area (Å²) in [6.45, 7) is 5.68. The second kappa shape index (κ2) is 21.4. The average Bonchev–Trinajstić information content (AvgIpc) is 3.34. The highest BCUT2D eigenvalue weighted by molar-refractivity contribution is 6.12. The van der Waals surface area contributed by atoms with Crippen LogP contribution in [0.15, 0.2) is 249 Å². The van der Waals surface area contributed by atoms with Crippen LogP contribution >= 0.6 is 0 Å². The molecule has 0 aliphatic carbocycles. The maximum absolute atomic E-state index is 7.97. The van der Waals surface area contributed by atoms with Crippen LogP contribution in [0.25, 0.3) is 54.9 Å². The average molecular weight is 817 g/mol. The van der Waals surface area contributed by atoms with E-state index in [1.807, 2.05) is 116 Å². The number of para-hydroxylation sites is 1. The first-order valence-electron chi connectivity index (χ1n) is 21.1. The minimum Gasteiger partial charge on any atom is -0.399 e. The second-order valence-electron chi connectivity index (χ2n) is 15.0. The van der Waals surface area contributed by atoms with E-state index in [1.54, 1.807) is 6.08 Å². The molecule has 9 aromatic carbocycles. The van der Waals surface area contributed by atoms with Gasteiger partial charge in [0.15, 0.2) is 0 Å². The summed E-state index contributed by atoms with van der Waals surface area (Å²) < 4.78 is 0. The summed E-state index contributed by atoms with van der Waals surface area (Å²) in [5.41, 5.74) is 19.4. The normalized spacial score (nSPS) is 10.8. The van der Waals surface area contributed by atoms with Crippen molar-refractivity contribution in [3.8, 4) is 33.4 Å². The number of allylic oxidation sites excluding steroid dienone is 3. The maximum atomic E-state index is 7.97. The smallest absolute Gasteiger partial charge is 0.0684 e. The summed E-state index contributed by atoms with van der Waals surface area (Å²) in [6.07, 6.45) is 7.28. The molecule has 308 valence electrons. The lowest BCUT2D eigenvalue weighted by Gasteiger charge is -2.16. The lowest BCUT2D eigenvalue weighted by Crippen LogP contribution is -1.99. The first kappa shape index (κ1) is 42.9. The first-order chi connectivity index (χ1) is 30.9. The number of anilines is 2. The predicted molar refractivity (Wildman–Crippen MR) is 273 cm³/mol. The van der Waals surface area contributed by atoms with Gasteiger partial charge in [0, 0.05) is 30.3 Å². The van der Waals surface area contributed by atoms with Crippen molar-refractivity contribution in [1.82, 2.24) is 0 Å². The van der Waals surface area contributed by atoms with Crippen LogP contribution < -0.4 is 16.4 Å². The van der Waals surface area contributed by atoms with Gasteiger partial charge in [0.1, 0.15) is 0 Å². The molecule has 0 unspecified atom stereocenters. The molecular formula is C59H52N4. The molecule has 0 aliphatic rings. The number of benzene rings is 9. The van der Waals surface area contributed by atoms with E-state index in [0.717, 1.165) is 22.5 Å². The van der Waals surface area contributed by atoms with E-state index in [4.69, 9.17) is 11.1 Å². The van der Waals surface area contributed by atoms with Gasteiger partial charge in [-0.15, -0.1) is 0 Å². The zero-order chi connectivity index (χ0) is 43.8. The first-order valence-corrected chi connectivity index (χ1v) is 21.1. The molecule has 0 saturated carbocycles. The van der Waals surface area contributed by atoms with Crippen molar-refractivity contribution < 1.29 is 0 Å². The van der Waals surface area contributed by atoms with Crippen LogP contribution in [0.3, 0.4) is 0 Å². The van der Waals surface area contributed by atoms with Gasteiger partial charge in [-0.3, -0.25) is 5.41 Å². The third-order valence-electron chi connectivity index (χ3n) is 10.7. The van der Waals surface area contributed by atoms with E-state index in [9.17, 15) is 0 Å². The number of aryl methyl sites for hydroxylation is 1. The Kier molecular flexibility index (Phi) is 14.5. The van der Waals surface area contributed by atoms with Gasteiger partial charge in [0.25, 0.3) is 0 Å². The molecule has 0 amide bonds. The van der Waals surface area contributed by atoms with E-state index in [2.05, 4.69) is 145 Å². The van der Waals surface area contributed by atoms with Crippen LogP contribution in [0.5, 0.6) is 0 Å². The summed E-state index contributed by atoms with van der Waals surface area (Å²) in [7, 11) is 1.95. The lowest BCUT2D eigenvalue weighted by molar-refractivity contribution is 1.45. The fraction of sp³-hybridized carbons (Fsp3) is 0.0339. The van der Waals surface area contributed by atoms with E-state index in [1.165, 1.54) is 60.5 Å². The standard InChI is InChI=1S/C34H27N.C13H11N.C12H14N2/c1-23-11-13-24(14-12-23)27-19-21-33(31-9-5-3-7-29(27)31)34-22-20-28(30-8-4-6-10-32(30)34)25-15-17-26(35-2)18-16-25;14-13(11-7-3-1-4-8-11)12-9-5-2-6-10-12;1-11(13)7-5-6-10-14-12-8-3-2-4-9-12/h3-22,35H,1-2H3;1-10,14H;2-10,14H,1,13H2/b;;7-5-,10-6-. The van der Waals surface area contributed by atoms with E-state index >= 15 is 0 Å². The van der Waals surface area contributed by atoms with Gasteiger partial charge >= 0.3 is 0 Å². The Bertz CT molecular complexity index is 2930. The van der Waals surface area contributed by atoms with E-state index in [-0.39, 0.29) is 0 Å². The Morgan fingerprint density at radius 1 is 0.460 bits per heavy atom. The third-order valence-corrected chi connectivity index (χ3v) is 10.7. The molecule has 5 N–H and O–H groups in total. The zero-order valence-electron chi connectivity index (χ0n) is 35.8. The van der Waals surface area contributed by atoms with Crippen LogP contribution in [-0.4, -0.2) is 12.8 Å². The Morgan fingerprint density at radius 3 is 1.30 bits per heavy atom. The van der Waals surface area contributed by atoms with Crippen molar-refractivity contribution in [2.24, 2.45) is 5.73 Å². The predicted octanol–water partition coefficient (Wildman–Crippen LogP) is 15.1. The van der Waals surface area contributed by atoms with Gasteiger partial charge in [-0.2, -0.15) is 0 Å². The Balaban J connectivity index is 0.000000174. The minimum absolute atomic E-state index is 0.550. The Labute approximate surface area is 371 Å². The van der Waals surface area contributed by atoms with Crippen LogP contribution in [0, 0.1) is 12.3 Å². The molecule has 4 nitrogen and oxygen atoms in total. The number of fused-ring (bicyclic) bond motifs is 2. The summed E-state index contributed by atoms with van der Waals surface area (Å²) >= 11 is 0. The van der Waals surface area contributed by atoms with Crippen LogP contribution in [0.4, 0.5) is 11.4 Å². The minimum atomic E-state index is 0.550. The van der Waals surface area contributed by atoms with Crippen LogP contribution in [0.2, 0.25) is 0 Å². The largest absolute Gasteiger partial charge is 0.399 e. The second-order valence-corrected chi connectivity index (χ2v) is 15.0. The molecule has 63 heavy (non-hydrogen) atoms. The van der Waals surface area contributed by atoms with Crippen molar-refractivity contribution in [3.05, 3.63) is 266 Å². The molecule has 0 spiro atoms. The highest BCUT2D eigenvalue weighted by Crippen LogP contribution is 2.41. The van der Waals surface area contributed by atoms with Crippen molar-refractivity contribution >= 4 is 38.6 Å². The van der Waals surface area contributed by atoms with Crippen molar-refractivity contribution in [1.29, 1.82) is 5.41 Å². The molecule has 0 aliphatic heterocycles. The number of rotatable bonds is 10. The molecule has 0 bridgehead atoms. The number of hydrogen-bond acceptors (Lipinski definition) is 4. The molecule has 9 rings (SSSR count). The number of nitrogens with two attached hydrogens (primary N) is 1. The van der Waals surface area contributed by atoms with Gasteiger partial charge in [0.2, 0.25) is 0 Å².